The van der Waals surface area contributed by atoms with Gasteiger partial charge in [-0.05, 0) is 92.8 Å². The van der Waals surface area contributed by atoms with Crippen molar-refractivity contribution in [2.24, 2.45) is 0 Å². The minimum atomic E-state index is -0.498. The van der Waals surface area contributed by atoms with Crippen molar-refractivity contribution in [2.75, 3.05) is 6.61 Å². The maximum atomic E-state index is 14.2. The molecule has 0 fully saturated rings. The maximum Gasteiger partial charge on any atom is 0.165 e. The molecule has 0 saturated carbocycles. The third kappa shape index (κ3) is 5.81. The van der Waals surface area contributed by atoms with Gasteiger partial charge in [0.05, 0.1) is 17.0 Å². The van der Waals surface area contributed by atoms with E-state index < -0.39 is 11.2 Å². The molecule has 3 rings (SSSR count). The summed E-state index contributed by atoms with van der Waals surface area (Å²) >= 11 is 6.34. The van der Waals surface area contributed by atoms with Gasteiger partial charge in [0.25, 0.3) is 0 Å². The summed E-state index contributed by atoms with van der Waals surface area (Å²) in [6.07, 6.45) is 8.09. The second kappa shape index (κ2) is 10.5. The Balaban J connectivity index is 1.67. The minimum absolute atomic E-state index is 0.104. The van der Waals surface area contributed by atoms with E-state index in [1.165, 1.54) is 30.3 Å². The van der Waals surface area contributed by atoms with E-state index in [1.807, 2.05) is 32.0 Å². The van der Waals surface area contributed by atoms with Crippen molar-refractivity contribution in [3.63, 3.8) is 0 Å². The van der Waals surface area contributed by atoms with Gasteiger partial charge in [0.1, 0.15) is 17.3 Å². The van der Waals surface area contributed by atoms with E-state index in [0.29, 0.717) is 29.5 Å². The van der Waals surface area contributed by atoms with Gasteiger partial charge >= 0.3 is 0 Å². The van der Waals surface area contributed by atoms with Crippen molar-refractivity contribution in [3.05, 3.63) is 88.4 Å². The number of aryl methyl sites for hydroxylation is 1. The number of hydrogen-bond acceptors (Lipinski definition) is 2. The standard InChI is InChI=1S/C27H25ClF2O2/c1-4-27(3,20-9-15-25(31-5-2)23(28)18-20)16-6-7-19-8-14-24(30)26(17-19)32-22-12-10-21(29)11-13-22/h1,8-15,17-18H,5-7,16H2,2-3H3. The normalized spacial score (nSPS) is 12.6. The van der Waals surface area contributed by atoms with Gasteiger partial charge in [-0.15, -0.1) is 6.42 Å². The first kappa shape index (κ1) is 23.6. The third-order valence-corrected chi connectivity index (χ3v) is 5.66. The van der Waals surface area contributed by atoms with Crippen LogP contribution in [0, 0.1) is 24.0 Å². The molecule has 0 amide bonds. The van der Waals surface area contributed by atoms with E-state index in [2.05, 4.69) is 5.92 Å². The minimum Gasteiger partial charge on any atom is -0.492 e. The Bertz CT molecular complexity index is 1110. The predicted octanol–water partition coefficient (Wildman–Crippen LogP) is 7.72. The van der Waals surface area contributed by atoms with Crippen LogP contribution in [0.15, 0.2) is 60.7 Å². The van der Waals surface area contributed by atoms with Gasteiger partial charge < -0.3 is 9.47 Å². The van der Waals surface area contributed by atoms with Crippen LogP contribution in [0.25, 0.3) is 0 Å². The number of benzene rings is 3. The summed E-state index contributed by atoms with van der Waals surface area (Å²) in [5, 5.41) is 0.534. The van der Waals surface area contributed by atoms with Crippen molar-refractivity contribution in [1.29, 1.82) is 0 Å². The molecule has 0 radical (unpaired) electrons. The van der Waals surface area contributed by atoms with Crippen LogP contribution in [0.5, 0.6) is 17.2 Å². The molecule has 0 N–H and O–H groups in total. The van der Waals surface area contributed by atoms with E-state index >= 15 is 0 Å². The van der Waals surface area contributed by atoms with E-state index in [4.69, 9.17) is 27.5 Å². The highest BCUT2D eigenvalue weighted by atomic mass is 35.5. The highest BCUT2D eigenvalue weighted by Gasteiger charge is 2.24. The van der Waals surface area contributed by atoms with Crippen LogP contribution in [-0.2, 0) is 11.8 Å². The molecule has 3 aromatic rings. The second-order valence-corrected chi connectivity index (χ2v) is 8.14. The Labute approximate surface area is 193 Å². The zero-order chi connectivity index (χ0) is 23.1. The molecule has 0 aromatic heterocycles. The summed E-state index contributed by atoms with van der Waals surface area (Å²) < 4.78 is 38.4. The number of rotatable bonds is 9. The fourth-order valence-electron chi connectivity index (χ4n) is 3.47. The molecule has 0 aliphatic rings. The molecule has 3 aromatic carbocycles. The van der Waals surface area contributed by atoms with Crippen LogP contribution >= 0.6 is 11.6 Å². The van der Waals surface area contributed by atoms with E-state index in [9.17, 15) is 8.78 Å². The summed E-state index contributed by atoms with van der Waals surface area (Å²) in [7, 11) is 0. The van der Waals surface area contributed by atoms with E-state index in [-0.39, 0.29) is 11.6 Å². The fraction of sp³-hybridized carbons (Fsp3) is 0.259. The molecule has 0 spiro atoms. The largest absolute Gasteiger partial charge is 0.492 e. The van der Waals surface area contributed by atoms with E-state index in [1.54, 1.807) is 12.1 Å². The number of terminal acetylenes is 1. The highest BCUT2D eigenvalue weighted by Crippen LogP contribution is 2.35. The summed E-state index contributed by atoms with van der Waals surface area (Å²) in [4.78, 5) is 0. The second-order valence-electron chi connectivity index (χ2n) is 7.73. The van der Waals surface area contributed by atoms with Gasteiger partial charge in [-0.1, -0.05) is 29.7 Å². The molecular weight excluding hydrogens is 430 g/mol. The van der Waals surface area contributed by atoms with Crippen molar-refractivity contribution >= 4 is 11.6 Å². The quantitative estimate of drug-likeness (QED) is 0.308. The zero-order valence-corrected chi connectivity index (χ0v) is 18.9. The first-order valence-corrected chi connectivity index (χ1v) is 10.8. The lowest BCUT2D eigenvalue weighted by molar-refractivity contribution is 0.340. The van der Waals surface area contributed by atoms with Crippen molar-refractivity contribution in [1.82, 2.24) is 0 Å². The average Bonchev–Trinajstić information content (AvgIpc) is 2.78. The molecule has 166 valence electrons. The molecular formula is C27H25ClF2O2. The Morgan fingerprint density at radius 2 is 1.75 bits per heavy atom. The topological polar surface area (TPSA) is 18.5 Å². The van der Waals surface area contributed by atoms with Crippen LogP contribution in [-0.4, -0.2) is 6.61 Å². The monoisotopic (exact) mass is 454 g/mol. The molecule has 0 aliphatic carbocycles. The SMILES string of the molecule is C#CC(C)(CCCc1ccc(F)c(Oc2ccc(F)cc2)c1)c1ccc(OCC)c(Cl)c1. The van der Waals surface area contributed by atoms with Crippen LogP contribution in [0.3, 0.4) is 0 Å². The highest BCUT2D eigenvalue weighted by molar-refractivity contribution is 6.32. The molecule has 1 atom stereocenters. The molecule has 0 heterocycles. The van der Waals surface area contributed by atoms with Crippen LogP contribution in [0.2, 0.25) is 5.02 Å². The zero-order valence-electron chi connectivity index (χ0n) is 18.1. The first-order chi connectivity index (χ1) is 15.3. The number of hydrogen-bond donors (Lipinski definition) is 0. The van der Waals surface area contributed by atoms with Gasteiger partial charge in [0.15, 0.2) is 11.6 Å². The lowest BCUT2D eigenvalue weighted by Crippen LogP contribution is -2.20. The summed E-state index contributed by atoms with van der Waals surface area (Å²) in [6.45, 7) is 4.45. The Kier molecular flexibility index (Phi) is 7.77. The number of ether oxygens (including phenoxy) is 2. The van der Waals surface area contributed by atoms with Gasteiger partial charge in [-0.25, -0.2) is 8.78 Å². The summed E-state index contributed by atoms with van der Waals surface area (Å²) in [6, 6.07) is 15.9. The Morgan fingerprint density at radius 1 is 1.00 bits per heavy atom. The van der Waals surface area contributed by atoms with Gasteiger partial charge in [-0.3, -0.25) is 0 Å². The molecule has 1 unspecified atom stereocenters. The molecule has 0 saturated heterocycles. The molecule has 5 heteroatoms. The lowest BCUT2D eigenvalue weighted by Gasteiger charge is -2.25. The predicted molar refractivity (Wildman–Crippen MR) is 125 cm³/mol. The maximum absolute atomic E-state index is 14.2. The third-order valence-electron chi connectivity index (χ3n) is 5.37. The van der Waals surface area contributed by atoms with Gasteiger partial charge in [-0.2, -0.15) is 0 Å². The summed E-state index contributed by atoms with van der Waals surface area (Å²) in [5.74, 6) is 3.16. The molecule has 0 bridgehead atoms. The smallest absolute Gasteiger partial charge is 0.165 e. The molecule has 32 heavy (non-hydrogen) atoms. The van der Waals surface area contributed by atoms with Crippen LogP contribution in [0.4, 0.5) is 8.78 Å². The fourth-order valence-corrected chi connectivity index (χ4v) is 3.71. The van der Waals surface area contributed by atoms with Crippen molar-refractivity contribution in [2.45, 2.75) is 38.5 Å². The van der Waals surface area contributed by atoms with Gasteiger partial charge in [0, 0.05) is 0 Å². The van der Waals surface area contributed by atoms with Crippen molar-refractivity contribution in [3.8, 4) is 29.6 Å². The molecule has 2 nitrogen and oxygen atoms in total. The molecule has 0 aliphatic heterocycles. The summed E-state index contributed by atoms with van der Waals surface area (Å²) in [5.41, 5.74) is 1.38. The van der Waals surface area contributed by atoms with Crippen molar-refractivity contribution < 1.29 is 18.3 Å². The Hall–Kier alpha value is -3.03. The van der Waals surface area contributed by atoms with E-state index in [0.717, 1.165) is 24.0 Å². The average molecular weight is 455 g/mol. The Morgan fingerprint density at radius 3 is 2.41 bits per heavy atom. The number of halogens is 3. The van der Waals surface area contributed by atoms with Gasteiger partial charge in [0.2, 0.25) is 0 Å². The lowest BCUT2D eigenvalue weighted by atomic mass is 9.78. The first-order valence-electron chi connectivity index (χ1n) is 10.5. The van der Waals surface area contributed by atoms with Crippen LogP contribution in [0.1, 0.15) is 37.8 Å². The van der Waals surface area contributed by atoms with Crippen LogP contribution < -0.4 is 9.47 Å².